The zero-order valence-corrected chi connectivity index (χ0v) is 17.5. The average molecular weight is 445 g/mol. The van der Waals surface area contributed by atoms with Crippen LogP contribution in [0.1, 0.15) is 16.5 Å². The number of amides is 1. The van der Waals surface area contributed by atoms with Crippen molar-refractivity contribution >= 4 is 43.0 Å². The number of hydrogen-bond donors (Lipinski definition) is 1. The zero-order chi connectivity index (χ0) is 20.4. The maximum absolute atomic E-state index is 13.0. The smallest absolute Gasteiger partial charge is 0.411 e. The summed E-state index contributed by atoms with van der Waals surface area (Å²) in [6.45, 7) is 0.0288. The number of methoxy groups -OCH3 is 1. The number of thiophene rings is 1. The Hall–Kier alpha value is -1.95. The van der Waals surface area contributed by atoms with Crippen molar-refractivity contribution in [3.63, 3.8) is 0 Å². The van der Waals surface area contributed by atoms with Gasteiger partial charge in [-0.3, -0.25) is 5.32 Å². The number of rotatable bonds is 4. The maximum Gasteiger partial charge on any atom is 0.411 e. The molecule has 1 saturated heterocycles. The van der Waals surface area contributed by atoms with Crippen LogP contribution in [0.2, 0.25) is 0 Å². The highest BCUT2D eigenvalue weighted by Gasteiger charge is 2.36. The van der Waals surface area contributed by atoms with Gasteiger partial charge in [0.1, 0.15) is 0 Å². The minimum Gasteiger partial charge on any atom is -0.453 e. The number of anilines is 1. The van der Waals surface area contributed by atoms with E-state index in [4.69, 9.17) is 0 Å². The van der Waals surface area contributed by atoms with Gasteiger partial charge in [-0.2, -0.15) is 4.31 Å². The van der Waals surface area contributed by atoms with Crippen LogP contribution >= 0.6 is 11.3 Å². The molecule has 0 spiro atoms. The highest BCUT2D eigenvalue weighted by atomic mass is 32.2. The van der Waals surface area contributed by atoms with Crippen molar-refractivity contribution in [3.05, 3.63) is 46.7 Å². The normalized spacial score (nSPS) is 20.2. The fraction of sp³-hybridized carbons (Fsp3) is 0.353. The largest absolute Gasteiger partial charge is 0.453 e. The molecule has 1 fully saturated rings. The first-order chi connectivity index (χ1) is 13.2. The number of sulfonamides is 1. The number of nitrogens with zero attached hydrogens (tertiary/aromatic N) is 1. The lowest BCUT2D eigenvalue weighted by Crippen LogP contribution is -2.33. The van der Waals surface area contributed by atoms with Gasteiger partial charge in [0, 0.05) is 23.7 Å². The number of ether oxygens (including phenoxy) is 1. The van der Waals surface area contributed by atoms with Crippen LogP contribution in [0.5, 0.6) is 0 Å². The summed E-state index contributed by atoms with van der Waals surface area (Å²) in [6, 6.07) is 9.20. The molecule has 0 radical (unpaired) electrons. The van der Waals surface area contributed by atoms with Crippen molar-refractivity contribution in [2.24, 2.45) is 0 Å². The quantitative estimate of drug-likeness (QED) is 0.776. The van der Waals surface area contributed by atoms with Gasteiger partial charge >= 0.3 is 6.09 Å². The Bertz CT molecular complexity index is 1030. The van der Waals surface area contributed by atoms with Gasteiger partial charge in [0.05, 0.1) is 23.0 Å². The molecule has 28 heavy (non-hydrogen) atoms. The first-order valence-electron chi connectivity index (χ1n) is 8.44. The molecule has 2 heterocycles. The number of carbonyl (C=O) groups is 1. The fourth-order valence-electron chi connectivity index (χ4n) is 2.99. The molecule has 0 saturated carbocycles. The van der Waals surface area contributed by atoms with Crippen molar-refractivity contribution in [1.29, 1.82) is 0 Å². The molecule has 3 rings (SSSR count). The van der Waals surface area contributed by atoms with Gasteiger partial charge in [-0.15, -0.1) is 11.3 Å². The van der Waals surface area contributed by atoms with E-state index in [1.54, 1.807) is 12.1 Å². The Labute approximate surface area is 168 Å². The highest BCUT2D eigenvalue weighted by Crippen LogP contribution is 2.33. The van der Waals surface area contributed by atoms with Gasteiger partial charge in [0.2, 0.25) is 10.0 Å². The third kappa shape index (κ3) is 4.37. The third-order valence-electron chi connectivity index (χ3n) is 4.48. The fourth-order valence-corrected chi connectivity index (χ4v) is 7.56. The van der Waals surface area contributed by atoms with Crippen molar-refractivity contribution < 1.29 is 26.4 Å². The lowest BCUT2D eigenvalue weighted by atomic mass is 10.2. The van der Waals surface area contributed by atoms with Gasteiger partial charge in [-0.25, -0.2) is 21.6 Å². The summed E-state index contributed by atoms with van der Waals surface area (Å²) in [7, 11) is -6.06. The lowest BCUT2D eigenvalue weighted by molar-refractivity contribution is 0.187. The van der Waals surface area contributed by atoms with E-state index in [9.17, 15) is 21.6 Å². The first-order valence-corrected chi connectivity index (χ1v) is 12.5. The lowest BCUT2D eigenvalue weighted by Gasteiger charge is -2.19. The van der Waals surface area contributed by atoms with Crippen LogP contribution in [0.15, 0.2) is 46.7 Å². The van der Waals surface area contributed by atoms with Crippen molar-refractivity contribution in [3.8, 4) is 0 Å². The van der Waals surface area contributed by atoms with Crippen molar-refractivity contribution in [2.45, 2.75) is 16.6 Å². The van der Waals surface area contributed by atoms with E-state index in [-0.39, 0.29) is 30.2 Å². The SMILES string of the molecule is COC(=O)Nc1ccc(S(=O)(=O)N2CCC(c3cccs3)S(=O)(=O)CC2)cc1. The van der Waals surface area contributed by atoms with Crippen LogP contribution in [-0.4, -0.2) is 53.2 Å². The summed E-state index contributed by atoms with van der Waals surface area (Å²) in [5, 5.41) is 3.58. The second kappa shape index (κ2) is 8.19. The molecule has 2 aromatic rings. The van der Waals surface area contributed by atoms with Crippen LogP contribution in [-0.2, 0) is 24.6 Å². The molecule has 1 aliphatic heterocycles. The summed E-state index contributed by atoms with van der Waals surface area (Å²) in [4.78, 5) is 12.0. The molecular formula is C17H20N2O6S3. The monoisotopic (exact) mass is 444 g/mol. The standard InChI is InChI=1S/C17H20N2O6S3/c1-25-17(20)18-13-4-6-14(7-5-13)28(23,24)19-9-8-16(15-3-2-11-26-15)27(21,22)12-10-19/h2-7,11,16H,8-10,12H2,1H3,(H,18,20). The first kappa shape index (κ1) is 20.8. The number of nitrogens with one attached hydrogen (secondary N) is 1. The summed E-state index contributed by atoms with van der Waals surface area (Å²) >= 11 is 1.36. The average Bonchev–Trinajstić information content (AvgIpc) is 3.13. The Kier molecular flexibility index (Phi) is 6.08. The van der Waals surface area contributed by atoms with E-state index in [2.05, 4.69) is 10.1 Å². The number of hydrogen-bond acceptors (Lipinski definition) is 7. The highest BCUT2D eigenvalue weighted by molar-refractivity contribution is 7.92. The Morgan fingerprint density at radius 2 is 1.93 bits per heavy atom. The van der Waals surface area contributed by atoms with Gasteiger partial charge < -0.3 is 4.74 Å². The van der Waals surface area contributed by atoms with Gasteiger partial charge in [0.25, 0.3) is 0 Å². The zero-order valence-electron chi connectivity index (χ0n) is 15.1. The van der Waals surface area contributed by atoms with Crippen LogP contribution in [0.3, 0.4) is 0 Å². The summed E-state index contributed by atoms with van der Waals surface area (Å²) < 4.78 is 56.8. The Morgan fingerprint density at radius 1 is 1.21 bits per heavy atom. The molecule has 152 valence electrons. The Morgan fingerprint density at radius 3 is 2.54 bits per heavy atom. The van der Waals surface area contributed by atoms with Crippen molar-refractivity contribution in [1.82, 2.24) is 4.31 Å². The van der Waals surface area contributed by atoms with Crippen LogP contribution in [0, 0.1) is 0 Å². The number of benzene rings is 1. The van der Waals surface area contributed by atoms with E-state index in [1.807, 2.05) is 5.38 Å². The molecule has 1 unspecified atom stereocenters. The maximum atomic E-state index is 13.0. The minimum absolute atomic E-state index is 0.0369. The van der Waals surface area contributed by atoms with Gasteiger partial charge in [0.15, 0.2) is 9.84 Å². The van der Waals surface area contributed by atoms with E-state index in [1.165, 1.54) is 47.0 Å². The summed E-state index contributed by atoms with van der Waals surface area (Å²) in [6.07, 6.45) is -0.447. The molecule has 1 aromatic carbocycles. The predicted octanol–water partition coefficient (Wildman–Crippen LogP) is 2.48. The van der Waals surface area contributed by atoms with Crippen LogP contribution in [0.25, 0.3) is 0 Å². The van der Waals surface area contributed by atoms with Gasteiger partial charge in [-0.1, -0.05) is 6.07 Å². The van der Waals surface area contributed by atoms with E-state index in [0.29, 0.717) is 5.69 Å². The van der Waals surface area contributed by atoms with E-state index in [0.717, 1.165) is 4.88 Å². The predicted molar refractivity (Wildman–Crippen MR) is 107 cm³/mol. The topological polar surface area (TPSA) is 110 Å². The molecule has 0 aliphatic carbocycles. The minimum atomic E-state index is -3.85. The molecule has 1 aromatic heterocycles. The molecule has 0 bridgehead atoms. The van der Waals surface area contributed by atoms with Gasteiger partial charge in [-0.05, 0) is 42.1 Å². The second-order valence-corrected chi connectivity index (χ2v) is 11.4. The van der Waals surface area contributed by atoms with Crippen LogP contribution < -0.4 is 5.32 Å². The summed E-state index contributed by atoms with van der Waals surface area (Å²) in [5.74, 6) is -0.225. The molecule has 1 atom stereocenters. The molecule has 11 heteroatoms. The second-order valence-electron chi connectivity index (χ2n) is 6.20. The van der Waals surface area contributed by atoms with E-state index < -0.39 is 31.2 Å². The third-order valence-corrected chi connectivity index (χ3v) is 9.64. The molecule has 1 aliphatic rings. The van der Waals surface area contributed by atoms with Crippen molar-refractivity contribution in [2.75, 3.05) is 31.3 Å². The molecular weight excluding hydrogens is 424 g/mol. The molecule has 8 nitrogen and oxygen atoms in total. The number of carbonyl (C=O) groups excluding carboxylic acids is 1. The van der Waals surface area contributed by atoms with E-state index >= 15 is 0 Å². The van der Waals surface area contributed by atoms with Crippen LogP contribution in [0.4, 0.5) is 10.5 Å². The Balaban J connectivity index is 1.80. The molecule has 1 amide bonds. The number of sulfone groups is 1. The molecule has 1 N–H and O–H groups in total. The summed E-state index contributed by atoms with van der Waals surface area (Å²) in [5.41, 5.74) is 0.391.